The molecule has 0 radical (unpaired) electrons. The van der Waals surface area contributed by atoms with Crippen molar-refractivity contribution in [3.05, 3.63) is 108 Å². The Morgan fingerprint density at radius 2 is 1.12 bits per heavy atom. The summed E-state index contributed by atoms with van der Waals surface area (Å²) >= 11 is 0. The van der Waals surface area contributed by atoms with Crippen LogP contribution in [0.4, 0.5) is 0 Å². The third-order valence-electron chi connectivity index (χ3n) is 5.16. The van der Waals surface area contributed by atoms with E-state index in [0.717, 1.165) is 0 Å². The molecule has 8 nitrogen and oxygen atoms in total. The largest absolute Gasteiger partial charge is 0.459 e. The van der Waals surface area contributed by atoms with Gasteiger partial charge in [-0.25, -0.2) is 14.4 Å². The van der Waals surface area contributed by atoms with Gasteiger partial charge in [0.2, 0.25) is 6.29 Å². The van der Waals surface area contributed by atoms with Crippen LogP contribution in [0.15, 0.2) is 91.0 Å². The van der Waals surface area contributed by atoms with E-state index < -0.39 is 42.5 Å². The minimum atomic E-state index is -1.50. The third-order valence-corrected chi connectivity index (χ3v) is 5.16. The number of carbonyl (C=O) groups is 3. The molecule has 0 saturated carbocycles. The van der Waals surface area contributed by atoms with Crippen molar-refractivity contribution >= 4 is 17.9 Å². The van der Waals surface area contributed by atoms with E-state index in [1.165, 1.54) is 0 Å². The van der Waals surface area contributed by atoms with Gasteiger partial charge in [-0.15, -0.1) is 0 Å². The van der Waals surface area contributed by atoms with Crippen LogP contribution in [-0.4, -0.2) is 54.2 Å². The van der Waals surface area contributed by atoms with Crippen LogP contribution in [0.3, 0.4) is 0 Å². The Balaban J connectivity index is 1.47. The lowest BCUT2D eigenvalue weighted by Gasteiger charge is -2.20. The summed E-state index contributed by atoms with van der Waals surface area (Å²) in [6.45, 7) is -0.336. The van der Waals surface area contributed by atoms with Crippen molar-refractivity contribution in [2.24, 2.45) is 0 Å². The van der Waals surface area contributed by atoms with Crippen molar-refractivity contribution in [2.45, 2.75) is 24.6 Å². The number of hydrogen-bond donors (Lipinski definition) is 1. The second-order valence-electron chi connectivity index (χ2n) is 7.51. The van der Waals surface area contributed by atoms with Gasteiger partial charge in [0.05, 0.1) is 16.7 Å². The number of aliphatic hydroxyl groups is 1. The van der Waals surface area contributed by atoms with Crippen molar-refractivity contribution in [1.29, 1.82) is 0 Å². The number of rotatable bonds is 7. The second kappa shape index (κ2) is 10.7. The highest BCUT2D eigenvalue weighted by molar-refractivity contribution is 5.90. The maximum Gasteiger partial charge on any atom is 0.340 e. The standard InChI is InChI=1S/C26H22O8/c27-21-22(33-24(29)18-12-6-2-7-13-18)20(16-31-23(28)17-10-4-1-5-11-17)32-26(21)34-25(30)19-14-8-3-9-15-19/h1-15,20-22,26-27H,16H2/t20-,21-,22-,26?/m0/s1. The number of ether oxygens (including phenoxy) is 4. The quantitative estimate of drug-likeness (QED) is 0.422. The van der Waals surface area contributed by atoms with Crippen LogP contribution >= 0.6 is 0 Å². The molecule has 1 fully saturated rings. The Labute approximate surface area is 195 Å². The molecular weight excluding hydrogens is 440 g/mol. The Kier molecular flexibility index (Phi) is 7.31. The predicted molar refractivity (Wildman–Crippen MR) is 119 cm³/mol. The van der Waals surface area contributed by atoms with E-state index in [1.807, 2.05) is 0 Å². The Hall–Kier alpha value is -4.01. The summed E-state index contributed by atoms with van der Waals surface area (Å²) in [4.78, 5) is 37.4. The summed E-state index contributed by atoms with van der Waals surface area (Å²) in [5, 5.41) is 10.8. The topological polar surface area (TPSA) is 108 Å². The van der Waals surface area contributed by atoms with Crippen LogP contribution in [0.25, 0.3) is 0 Å². The SMILES string of the molecule is O=C(OC[C@@H]1OC(OC(=O)c2ccccc2)[C@@H](O)[C@H]1OC(=O)c1ccccc1)c1ccccc1. The fraction of sp³-hybridized carbons (Fsp3) is 0.192. The highest BCUT2D eigenvalue weighted by Gasteiger charge is 2.49. The van der Waals surface area contributed by atoms with E-state index in [0.29, 0.717) is 5.56 Å². The van der Waals surface area contributed by atoms with Gasteiger partial charge >= 0.3 is 17.9 Å². The number of aliphatic hydroxyl groups excluding tert-OH is 1. The molecule has 1 aliphatic rings. The first-order valence-corrected chi connectivity index (χ1v) is 10.6. The van der Waals surface area contributed by atoms with Crippen LogP contribution in [0.1, 0.15) is 31.1 Å². The summed E-state index contributed by atoms with van der Waals surface area (Å²) < 4.78 is 21.8. The third kappa shape index (κ3) is 5.48. The van der Waals surface area contributed by atoms with E-state index in [-0.39, 0.29) is 17.7 Å². The van der Waals surface area contributed by atoms with Gasteiger partial charge in [-0.1, -0.05) is 54.6 Å². The summed E-state index contributed by atoms with van der Waals surface area (Å²) in [6, 6.07) is 24.7. The minimum absolute atomic E-state index is 0.259. The van der Waals surface area contributed by atoms with Gasteiger partial charge in [-0.05, 0) is 36.4 Å². The first-order valence-electron chi connectivity index (χ1n) is 10.6. The zero-order valence-electron chi connectivity index (χ0n) is 18.0. The monoisotopic (exact) mass is 462 g/mol. The average Bonchev–Trinajstić information content (AvgIpc) is 3.17. The van der Waals surface area contributed by atoms with Crippen molar-refractivity contribution in [1.82, 2.24) is 0 Å². The van der Waals surface area contributed by atoms with Gasteiger partial charge in [0.1, 0.15) is 12.7 Å². The summed E-state index contributed by atoms with van der Waals surface area (Å²) in [6.07, 6.45) is -5.24. The van der Waals surface area contributed by atoms with Crippen LogP contribution in [0, 0.1) is 0 Å². The molecule has 0 aliphatic carbocycles. The van der Waals surface area contributed by atoms with Gasteiger partial charge in [-0.3, -0.25) is 0 Å². The number of esters is 3. The number of carbonyl (C=O) groups excluding carboxylic acids is 3. The van der Waals surface area contributed by atoms with Gasteiger partial charge in [-0.2, -0.15) is 0 Å². The molecule has 174 valence electrons. The van der Waals surface area contributed by atoms with E-state index in [4.69, 9.17) is 18.9 Å². The zero-order chi connectivity index (χ0) is 23.9. The fourth-order valence-electron chi connectivity index (χ4n) is 3.41. The van der Waals surface area contributed by atoms with Gasteiger partial charge in [0.15, 0.2) is 12.2 Å². The minimum Gasteiger partial charge on any atom is -0.459 e. The molecule has 4 atom stereocenters. The van der Waals surface area contributed by atoms with Crippen LogP contribution in [0.2, 0.25) is 0 Å². The normalized spacial score (nSPS) is 21.4. The lowest BCUT2D eigenvalue weighted by molar-refractivity contribution is -0.139. The summed E-state index contributed by atoms with van der Waals surface area (Å²) in [5.41, 5.74) is 0.848. The van der Waals surface area contributed by atoms with Gasteiger partial charge in [0, 0.05) is 0 Å². The molecule has 1 aliphatic heterocycles. The molecule has 8 heteroatoms. The molecule has 4 rings (SSSR count). The fourth-order valence-corrected chi connectivity index (χ4v) is 3.41. The molecule has 1 N–H and O–H groups in total. The van der Waals surface area contributed by atoms with E-state index in [1.54, 1.807) is 91.0 Å². The molecule has 0 spiro atoms. The first-order chi connectivity index (χ1) is 16.5. The van der Waals surface area contributed by atoms with Crippen molar-refractivity contribution in [3.63, 3.8) is 0 Å². The smallest absolute Gasteiger partial charge is 0.340 e. The molecule has 3 aromatic carbocycles. The Bertz CT molecular complexity index is 1120. The van der Waals surface area contributed by atoms with E-state index >= 15 is 0 Å². The summed E-state index contributed by atoms with van der Waals surface area (Å²) in [7, 11) is 0. The molecular formula is C26H22O8. The van der Waals surface area contributed by atoms with Crippen LogP contribution < -0.4 is 0 Å². The molecule has 0 aromatic heterocycles. The zero-order valence-corrected chi connectivity index (χ0v) is 18.0. The maximum atomic E-state index is 12.6. The number of benzene rings is 3. The number of hydrogen-bond acceptors (Lipinski definition) is 8. The predicted octanol–water partition coefficient (Wildman–Crippen LogP) is 3.01. The van der Waals surface area contributed by atoms with E-state index in [9.17, 15) is 19.5 Å². The van der Waals surface area contributed by atoms with Crippen LogP contribution in [0.5, 0.6) is 0 Å². The average molecular weight is 462 g/mol. The maximum absolute atomic E-state index is 12.6. The molecule has 3 aromatic rings. The van der Waals surface area contributed by atoms with Gasteiger partial charge in [0.25, 0.3) is 0 Å². The Morgan fingerprint density at radius 3 is 1.62 bits per heavy atom. The van der Waals surface area contributed by atoms with E-state index in [2.05, 4.69) is 0 Å². The highest BCUT2D eigenvalue weighted by atomic mass is 16.7. The molecule has 1 heterocycles. The summed E-state index contributed by atoms with van der Waals surface area (Å²) in [5.74, 6) is -2.04. The molecule has 34 heavy (non-hydrogen) atoms. The molecule has 0 bridgehead atoms. The molecule has 0 amide bonds. The van der Waals surface area contributed by atoms with Crippen LogP contribution in [-0.2, 0) is 18.9 Å². The van der Waals surface area contributed by atoms with Crippen molar-refractivity contribution < 1.29 is 38.4 Å². The lowest BCUT2D eigenvalue weighted by atomic mass is 10.1. The molecule has 1 saturated heterocycles. The van der Waals surface area contributed by atoms with Gasteiger partial charge < -0.3 is 24.1 Å². The highest BCUT2D eigenvalue weighted by Crippen LogP contribution is 2.27. The Morgan fingerprint density at radius 1 is 0.676 bits per heavy atom. The van der Waals surface area contributed by atoms with Crippen molar-refractivity contribution in [2.75, 3.05) is 6.61 Å². The first kappa shape index (κ1) is 23.2. The lowest BCUT2D eigenvalue weighted by Crippen LogP contribution is -2.40. The van der Waals surface area contributed by atoms with Crippen molar-refractivity contribution in [3.8, 4) is 0 Å². The molecule has 1 unspecified atom stereocenters. The second-order valence-corrected chi connectivity index (χ2v) is 7.51.